The number of halogens is 1. The van der Waals surface area contributed by atoms with Crippen molar-refractivity contribution in [2.45, 2.75) is 45.8 Å². The molecule has 9 rings (SSSR count). The van der Waals surface area contributed by atoms with E-state index in [9.17, 15) is 0 Å². The van der Waals surface area contributed by atoms with E-state index in [-0.39, 0.29) is 0 Å². The van der Waals surface area contributed by atoms with E-state index in [0.717, 1.165) is 86.8 Å². The van der Waals surface area contributed by atoms with Gasteiger partial charge in [0, 0.05) is 73.8 Å². The molecule has 0 spiro atoms. The predicted molar refractivity (Wildman–Crippen MR) is 196 cm³/mol. The number of rotatable bonds is 7. The number of benzene rings is 3. The molecular weight excluding hydrogens is 634 g/mol. The Hall–Kier alpha value is -5.22. The first kappa shape index (κ1) is 32.3. The third-order valence-electron chi connectivity index (χ3n) is 9.26. The van der Waals surface area contributed by atoms with Crippen LogP contribution in [0.3, 0.4) is 0 Å². The molecule has 3 N–H and O–H groups in total. The molecular formula is C38H42ClN9O. The summed E-state index contributed by atoms with van der Waals surface area (Å²) < 4.78 is 5.39. The fourth-order valence-corrected chi connectivity index (χ4v) is 7.19. The highest BCUT2D eigenvalue weighted by molar-refractivity contribution is 6.33. The van der Waals surface area contributed by atoms with E-state index in [0.29, 0.717) is 0 Å². The average molecular weight is 676 g/mol. The van der Waals surface area contributed by atoms with Gasteiger partial charge in [0.1, 0.15) is 23.2 Å². The number of H-pyrrole nitrogens is 3. The topological polar surface area (TPSA) is 105 Å². The highest BCUT2D eigenvalue weighted by atomic mass is 35.5. The maximum atomic E-state index is 6.23. The minimum absolute atomic E-state index is 0.795. The summed E-state index contributed by atoms with van der Waals surface area (Å²) in [7, 11) is 1.73. The van der Waals surface area contributed by atoms with Crippen LogP contribution in [0.5, 0.6) is 5.75 Å². The maximum Gasteiger partial charge on any atom is 0.125 e. The Morgan fingerprint density at radius 1 is 0.673 bits per heavy atom. The van der Waals surface area contributed by atoms with Gasteiger partial charge in [-0.3, -0.25) is 0 Å². The van der Waals surface area contributed by atoms with Crippen molar-refractivity contribution in [2.75, 3.05) is 41.4 Å². The highest BCUT2D eigenvalue weighted by Crippen LogP contribution is 2.36. The minimum atomic E-state index is 0.795. The van der Waals surface area contributed by atoms with Gasteiger partial charge in [-0.25, -0.2) is 15.0 Å². The first-order valence-corrected chi connectivity index (χ1v) is 17.2. The van der Waals surface area contributed by atoms with E-state index >= 15 is 0 Å². The van der Waals surface area contributed by atoms with Crippen LogP contribution in [0.25, 0.3) is 0 Å². The van der Waals surface area contributed by atoms with Gasteiger partial charge in [0.25, 0.3) is 0 Å². The van der Waals surface area contributed by atoms with Crippen LogP contribution < -0.4 is 19.4 Å². The van der Waals surface area contributed by atoms with E-state index < -0.39 is 0 Å². The average Bonchev–Trinajstić information content (AvgIpc) is 3.97. The second kappa shape index (κ2) is 14.9. The fourth-order valence-electron chi connectivity index (χ4n) is 6.88. The van der Waals surface area contributed by atoms with Crippen molar-refractivity contribution in [2.24, 2.45) is 0 Å². The number of para-hydroxylation sites is 1. The molecule has 252 valence electrons. The molecule has 0 atom stereocenters. The van der Waals surface area contributed by atoms with Crippen LogP contribution in [0, 0.1) is 6.92 Å². The van der Waals surface area contributed by atoms with E-state index in [1.807, 2.05) is 49.1 Å². The van der Waals surface area contributed by atoms with Crippen molar-refractivity contribution in [3.63, 3.8) is 0 Å². The fraction of sp³-hybridized carbons (Fsp3) is 0.289. The quantitative estimate of drug-likeness (QED) is 0.169. The molecule has 0 unspecified atom stereocenters. The summed E-state index contributed by atoms with van der Waals surface area (Å²) in [5, 5.41) is 0.835. The number of aryl methyl sites for hydroxylation is 1. The van der Waals surface area contributed by atoms with Crippen molar-refractivity contribution in [3.8, 4) is 5.75 Å². The molecule has 3 aromatic carbocycles. The van der Waals surface area contributed by atoms with Crippen LogP contribution in [0.1, 0.15) is 39.7 Å². The summed E-state index contributed by atoms with van der Waals surface area (Å²) in [5.41, 5.74) is 9.22. The number of hydrogen-bond donors (Lipinski definition) is 3. The van der Waals surface area contributed by atoms with Crippen molar-refractivity contribution in [1.29, 1.82) is 0 Å². The molecule has 11 heteroatoms. The van der Waals surface area contributed by atoms with Crippen LogP contribution in [0.2, 0.25) is 5.02 Å². The van der Waals surface area contributed by atoms with Crippen molar-refractivity contribution < 1.29 is 4.74 Å². The maximum absolute atomic E-state index is 6.23. The summed E-state index contributed by atoms with van der Waals surface area (Å²) in [5.74, 6) is 4.01. The van der Waals surface area contributed by atoms with E-state index in [2.05, 4.69) is 81.9 Å². The Balaban J connectivity index is 0.000000116. The normalized spacial score (nSPS) is 14.1. The second-order valence-corrected chi connectivity index (χ2v) is 12.9. The molecule has 0 radical (unpaired) electrons. The molecule has 0 amide bonds. The summed E-state index contributed by atoms with van der Waals surface area (Å²) in [6.45, 7) is 7.78. The zero-order chi connectivity index (χ0) is 33.6. The van der Waals surface area contributed by atoms with Gasteiger partial charge in [-0.15, -0.1) is 0 Å². The number of imidazole rings is 3. The Morgan fingerprint density at radius 2 is 1.27 bits per heavy atom. The zero-order valence-electron chi connectivity index (χ0n) is 28.0. The third kappa shape index (κ3) is 7.44. The van der Waals surface area contributed by atoms with Crippen LogP contribution in [0.4, 0.5) is 17.1 Å². The number of aromatic nitrogens is 6. The van der Waals surface area contributed by atoms with Gasteiger partial charge in [-0.2, -0.15) is 0 Å². The summed E-state index contributed by atoms with van der Waals surface area (Å²) in [6.07, 6.45) is 14.2. The molecule has 0 bridgehead atoms. The number of ether oxygens (including phenoxy) is 1. The summed E-state index contributed by atoms with van der Waals surface area (Å²) in [6, 6.07) is 19.0. The number of nitrogens with one attached hydrogen (secondary N) is 3. The number of aromatic amines is 3. The van der Waals surface area contributed by atoms with E-state index in [1.165, 1.54) is 39.3 Å². The predicted octanol–water partition coefficient (Wildman–Crippen LogP) is 6.89. The monoisotopic (exact) mass is 675 g/mol. The van der Waals surface area contributed by atoms with E-state index in [1.54, 1.807) is 19.5 Å². The molecule has 0 saturated heterocycles. The van der Waals surface area contributed by atoms with Crippen LogP contribution in [-0.2, 0) is 38.9 Å². The van der Waals surface area contributed by atoms with Crippen molar-refractivity contribution in [1.82, 2.24) is 29.9 Å². The van der Waals surface area contributed by atoms with Gasteiger partial charge in [-0.05, 0) is 67.1 Å². The largest absolute Gasteiger partial charge is 0.496 e. The molecule has 0 fully saturated rings. The Morgan fingerprint density at radius 3 is 1.92 bits per heavy atom. The van der Waals surface area contributed by atoms with Crippen molar-refractivity contribution in [3.05, 3.63) is 137 Å². The first-order chi connectivity index (χ1) is 24.1. The Labute approximate surface area is 292 Å². The lowest BCUT2D eigenvalue weighted by Crippen LogP contribution is -2.20. The number of methoxy groups -OCH3 is 1. The molecule has 0 aliphatic carbocycles. The lowest BCUT2D eigenvalue weighted by Gasteiger charge is -2.18. The van der Waals surface area contributed by atoms with Gasteiger partial charge in [-0.1, -0.05) is 41.9 Å². The molecule has 3 aliphatic rings. The summed E-state index contributed by atoms with van der Waals surface area (Å²) >= 11 is 6.23. The second-order valence-electron chi connectivity index (χ2n) is 12.5. The Kier molecular flexibility index (Phi) is 9.84. The van der Waals surface area contributed by atoms with Gasteiger partial charge >= 0.3 is 0 Å². The molecule has 3 aromatic heterocycles. The van der Waals surface area contributed by atoms with Crippen LogP contribution in [-0.4, -0.2) is 56.6 Å². The lowest BCUT2D eigenvalue weighted by molar-refractivity contribution is 0.411. The zero-order valence-corrected chi connectivity index (χ0v) is 28.7. The van der Waals surface area contributed by atoms with Gasteiger partial charge < -0.3 is 34.4 Å². The van der Waals surface area contributed by atoms with Gasteiger partial charge in [0.05, 0.1) is 37.5 Å². The van der Waals surface area contributed by atoms with Crippen molar-refractivity contribution >= 4 is 28.7 Å². The number of nitrogens with zero attached hydrogens (tertiary/aromatic N) is 6. The molecule has 49 heavy (non-hydrogen) atoms. The third-order valence-corrected chi connectivity index (χ3v) is 9.56. The van der Waals surface area contributed by atoms with E-state index in [4.69, 9.17) is 16.3 Å². The minimum Gasteiger partial charge on any atom is -0.496 e. The standard InChI is InChI=1S/C13H15N3O.C13H15N3.C12H12ClN3/c1-17-12-4-2-3-11-10(12)5-8-16(11)9-13-14-6-7-15-13;1-10-2-3-11-4-7-16(12(11)8-10)9-13-14-5-6-15-13;13-10-3-1-2-9-4-7-16(12(9)10)8-11-14-5-6-15-11/h2-4,6-7H,5,8-9H2,1H3,(H,14,15);2-3,5-6,8H,4,7,9H2,1H3,(H,14,15);1-3,5-6H,4,7-8H2,(H,14,15). The highest BCUT2D eigenvalue weighted by Gasteiger charge is 2.24. The van der Waals surface area contributed by atoms with Crippen LogP contribution >= 0.6 is 11.6 Å². The van der Waals surface area contributed by atoms with Gasteiger partial charge in [0.15, 0.2) is 0 Å². The SMILES string of the molecule is COc1cccc2c1CCN2Cc1ncc[nH]1.Cc1ccc2c(c1)N(Cc1ncc[nH]1)CC2.Clc1cccc2c1N(Cc1ncc[nH]1)CC2. The molecule has 6 aromatic rings. The molecule has 3 aliphatic heterocycles. The molecule has 6 heterocycles. The smallest absolute Gasteiger partial charge is 0.125 e. The molecule has 0 saturated carbocycles. The summed E-state index contributed by atoms with van der Waals surface area (Å²) in [4.78, 5) is 29.2. The Bertz CT molecular complexity index is 1940. The molecule has 10 nitrogen and oxygen atoms in total. The van der Waals surface area contributed by atoms with Crippen LogP contribution in [0.15, 0.2) is 91.8 Å². The van der Waals surface area contributed by atoms with Gasteiger partial charge in [0.2, 0.25) is 0 Å². The lowest BCUT2D eigenvalue weighted by atomic mass is 10.1. The number of fused-ring (bicyclic) bond motifs is 3. The number of anilines is 3. The number of hydrogen-bond acceptors (Lipinski definition) is 7. The first-order valence-electron chi connectivity index (χ1n) is 16.8.